The molecule has 6 heteroatoms. The number of benzene rings is 3. The molecule has 3 rings (SSSR count). The van der Waals surface area contributed by atoms with Gasteiger partial charge in [-0.25, -0.2) is 10.2 Å². The Morgan fingerprint density at radius 1 is 0.933 bits per heavy atom. The van der Waals surface area contributed by atoms with E-state index in [2.05, 4.69) is 10.5 Å². The van der Waals surface area contributed by atoms with Crippen LogP contribution in [-0.2, 0) is 0 Å². The summed E-state index contributed by atoms with van der Waals surface area (Å²) in [7, 11) is 0. The molecule has 3 aromatic rings. The number of hydrogen-bond donors (Lipinski definition) is 1. The van der Waals surface area contributed by atoms with Crippen molar-refractivity contribution in [3.63, 3.8) is 0 Å². The van der Waals surface area contributed by atoms with Gasteiger partial charge in [-0.1, -0.05) is 17.7 Å². The molecule has 0 aliphatic rings. The quantitative estimate of drug-likeness (QED) is 0.275. The Morgan fingerprint density at radius 2 is 1.63 bits per heavy atom. The van der Waals surface area contributed by atoms with Crippen LogP contribution in [0.5, 0.6) is 11.5 Å². The van der Waals surface area contributed by atoms with Gasteiger partial charge in [-0.15, -0.1) is 0 Å². The molecule has 0 unspecified atom stereocenters. The van der Waals surface area contributed by atoms with E-state index in [1.54, 1.807) is 60.7 Å². The van der Waals surface area contributed by atoms with E-state index < -0.39 is 5.97 Å². The number of ether oxygens (including phenoxy) is 2. The fourth-order valence-electron chi connectivity index (χ4n) is 2.66. The predicted octanol–water partition coefficient (Wildman–Crippen LogP) is 4.38. The summed E-state index contributed by atoms with van der Waals surface area (Å²) < 4.78 is 10.7. The maximum Gasteiger partial charge on any atom is 0.343 e. The van der Waals surface area contributed by atoms with E-state index in [-0.39, 0.29) is 5.91 Å². The van der Waals surface area contributed by atoms with Gasteiger partial charge in [0, 0.05) is 5.56 Å². The van der Waals surface area contributed by atoms with Crippen molar-refractivity contribution in [3.05, 3.63) is 95.1 Å². The fourth-order valence-corrected chi connectivity index (χ4v) is 2.66. The van der Waals surface area contributed by atoms with Crippen molar-refractivity contribution in [1.82, 2.24) is 5.43 Å². The van der Waals surface area contributed by atoms with Crippen LogP contribution in [-0.4, -0.2) is 24.7 Å². The van der Waals surface area contributed by atoms with Crippen LogP contribution < -0.4 is 14.9 Å². The minimum absolute atomic E-state index is 0.282. The summed E-state index contributed by atoms with van der Waals surface area (Å²) in [5.74, 6) is 0.378. The highest BCUT2D eigenvalue weighted by Gasteiger charge is 2.09. The first-order valence-corrected chi connectivity index (χ1v) is 9.50. The summed E-state index contributed by atoms with van der Waals surface area (Å²) in [5, 5.41) is 3.96. The van der Waals surface area contributed by atoms with Gasteiger partial charge in [-0.2, -0.15) is 5.10 Å². The molecule has 1 N–H and O–H groups in total. The summed E-state index contributed by atoms with van der Waals surface area (Å²) in [4.78, 5) is 24.3. The van der Waals surface area contributed by atoms with Crippen molar-refractivity contribution in [2.75, 3.05) is 6.61 Å². The Bertz CT molecular complexity index is 1040. The summed E-state index contributed by atoms with van der Waals surface area (Å²) in [6, 6.07) is 20.8. The Morgan fingerprint density at radius 3 is 2.30 bits per heavy atom. The normalized spacial score (nSPS) is 10.6. The second-order valence-electron chi connectivity index (χ2n) is 6.48. The van der Waals surface area contributed by atoms with Gasteiger partial charge in [0.15, 0.2) is 0 Å². The van der Waals surface area contributed by atoms with Gasteiger partial charge < -0.3 is 9.47 Å². The predicted molar refractivity (Wildman–Crippen MR) is 115 cm³/mol. The van der Waals surface area contributed by atoms with E-state index in [0.717, 1.165) is 11.1 Å². The number of hydrogen-bond acceptors (Lipinski definition) is 5. The Balaban J connectivity index is 1.54. The molecule has 0 saturated heterocycles. The van der Waals surface area contributed by atoms with Gasteiger partial charge in [0.25, 0.3) is 5.91 Å². The fraction of sp³-hybridized carbons (Fsp3) is 0.125. The summed E-state index contributed by atoms with van der Waals surface area (Å²) in [5.41, 5.74) is 5.22. The highest BCUT2D eigenvalue weighted by Crippen LogP contribution is 2.16. The number of hydrazone groups is 1. The number of nitrogens with one attached hydrogen (secondary N) is 1. The maximum atomic E-state index is 12.2. The largest absolute Gasteiger partial charge is 0.494 e. The van der Waals surface area contributed by atoms with Gasteiger partial charge in [0.2, 0.25) is 0 Å². The Hall–Kier alpha value is -3.93. The SMILES string of the molecule is CCOc1ccc(C(=O)Oc2ccc(/C=N/NC(=O)c3cccc(C)c3)cc2)cc1. The van der Waals surface area contributed by atoms with E-state index >= 15 is 0 Å². The van der Waals surface area contributed by atoms with Crippen LogP contribution in [0, 0.1) is 6.92 Å². The molecule has 0 fully saturated rings. The lowest BCUT2D eigenvalue weighted by Crippen LogP contribution is -2.17. The van der Waals surface area contributed by atoms with Crippen LogP contribution in [0.25, 0.3) is 0 Å². The molecule has 6 nitrogen and oxygen atoms in total. The summed E-state index contributed by atoms with van der Waals surface area (Å²) in [6.07, 6.45) is 1.52. The van der Waals surface area contributed by atoms with Crippen molar-refractivity contribution < 1.29 is 19.1 Å². The third-order valence-electron chi connectivity index (χ3n) is 4.15. The molecular weight excluding hydrogens is 380 g/mol. The smallest absolute Gasteiger partial charge is 0.343 e. The van der Waals surface area contributed by atoms with Crippen molar-refractivity contribution >= 4 is 18.1 Å². The van der Waals surface area contributed by atoms with Crippen LogP contribution in [0.4, 0.5) is 0 Å². The highest BCUT2D eigenvalue weighted by atomic mass is 16.5. The Kier molecular flexibility index (Phi) is 6.95. The average Bonchev–Trinajstić information content (AvgIpc) is 2.75. The molecule has 152 valence electrons. The molecule has 0 bridgehead atoms. The van der Waals surface area contributed by atoms with Gasteiger partial charge in [0.05, 0.1) is 18.4 Å². The van der Waals surface area contributed by atoms with Crippen LogP contribution in [0.3, 0.4) is 0 Å². The lowest BCUT2D eigenvalue weighted by molar-refractivity contribution is 0.0734. The van der Waals surface area contributed by atoms with Crippen molar-refractivity contribution in [3.8, 4) is 11.5 Å². The van der Waals surface area contributed by atoms with E-state index in [1.165, 1.54) is 6.21 Å². The minimum Gasteiger partial charge on any atom is -0.494 e. The molecule has 0 spiro atoms. The maximum absolute atomic E-state index is 12.2. The van der Waals surface area contributed by atoms with Gasteiger partial charge in [0.1, 0.15) is 11.5 Å². The van der Waals surface area contributed by atoms with Crippen molar-refractivity contribution in [2.24, 2.45) is 5.10 Å². The van der Waals surface area contributed by atoms with Crippen molar-refractivity contribution in [2.45, 2.75) is 13.8 Å². The molecule has 0 aromatic heterocycles. The molecule has 3 aromatic carbocycles. The lowest BCUT2D eigenvalue weighted by Gasteiger charge is -2.06. The third-order valence-corrected chi connectivity index (χ3v) is 4.15. The lowest BCUT2D eigenvalue weighted by atomic mass is 10.1. The van der Waals surface area contributed by atoms with Crippen LogP contribution >= 0.6 is 0 Å². The molecule has 0 heterocycles. The molecule has 0 saturated carbocycles. The number of nitrogens with zero attached hydrogens (tertiary/aromatic N) is 1. The zero-order valence-corrected chi connectivity index (χ0v) is 16.8. The number of esters is 1. The van der Waals surface area contributed by atoms with E-state index in [9.17, 15) is 9.59 Å². The van der Waals surface area contributed by atoms with E-state index in [1.807, 2.05) is 26.0 Å². The standard InChI is InChI=1S/C24H22N2O4/c1-3-29-21-13-9-19(10-14-21)24(28)30-22-11-7-18(8-12-22)16-25-26-23(27)20-6-4-5-17(2)15-20/h4-16H,3H2,1-2H3,(H,26,27)/b25-16+. The average molecular weight is 402 g/mol. The first-order valence-electron chi connectivity index (χ1n) is 9.50. The van der Waals surface area contributed by atoms with Gasteiger partial charge >= 0.3 is 5.97 Å². The van der Waals surface area contributed by atoms with Gasteiger partial charge in [-0.05, 0) is 80.1 Å². The Labute approximate surface area is 175 Å². The third kappa shape index (κ3) is 5.78. The summed E-state index contributed by atoms with van der Waals surface area (Å²) >= 11 is 0. The molecule has 1 amide bonds. The second-order valence-corrected chi connectivity index (χ2v) is 6.48. The molecule has 0 aliphatic carbocycles. The van der Waals surface area contributed by atoms with Crippen LogP contribution in [0.2, 0.25) is 0 Å². The molecule has 0 radical (unpaired) electrons. The van der Waals surface area contributed by atoms with Gasteiger partial charge in [-0.3, -0.25) is 4.79 Å². The zero-order valence-electron chi connectivity index (χ0n) is 16.8. The first kappa shape index (κ1) is 20.8. The molecule has 30 heavy (non-hydrogen) atoms. The van der Waals surface area contributed by atoms with E-state index in [0.29, 0.717) is 29.2 Å². The van der Waals surface area contributed by atoms with Crippen LogP contribution in [0.1, 0.15) is 38.8 Å². The van der Waals surface area contributed by atoms with E-state index in [4.69, 9.17) is 9.47 Å². The van der Waals surface area contributed by atoms with Crippen molar-refractivity contribution in [1.29, 1.82) is 0 Å². The topological polar surface area (TPSA) is 77.0 Å². The molecule has 0 atom stereocenters. The first-order chi connectivity index (χ1) is 14.5. The number of carbonyl (C=O) groups excluding carboxylic acids is 2. The monoisotopic (exact) mass is 402 g/mol. The molecular formula is C24H22N2O4. The number of rotatable bonds is 7. The minimum atomic E-state index is -0.454. The number of amides is 1. The number of carbonyl (C=O) groups is 2. The highest BCUT2D eigenvalue weighted by molar-refractivity contribution is 5.95. The number of aryl methyl sites for hydroxylation is 1. The second kappa shape index (κ2) is 10.0. The van der Waals surface area contributed by atoms with Crippen LogP contribution in [0.15, 0.2) is 77.9 Å². The molecule has 0 aliphatic heterocycles. The zero-order chi connectivity index (χ0) is 21.3. The summed E-state index contributed by atoms with van der Waals surface area (Å²) in [6.45, 7) is 4.38.